The maximum Gasteiger partial charge on any atom is 0.329 e. The van der Waals surface area contributed by atoms with E-state index in [0.29, 0.717) is 26.3 Å². The third-order valence-corrected chi connectivity index (χ3v) is 3.85. The molecular weight excluding hydrogens is 305 g/mol. The number of carbonyl (C=O) groups is 3. The number of hydrogen-bond acceptors (Lipinski definition) is 4. The first-order valence-electron chi connectivity index (χ1n) is 7.32. The number of morpholine rings is 1. The van der Waals surface area contributed by atoms with E-state index in [0.717, 1.165) is 4.90 Å². The van der Waals surface area contributed by atoms with Crippen LogP contribution in [0.25, 0.3) is 0 Å². The fourth-order valence-electron chi connectivity index (χ4n) is 2.62. The van der Waals surface area contributed by atoms with E-state index in [9.17, 15) is 18.8 Å². The van der Waals surface area contributed by atoms with Crippen molar-refractivity contribution in [2.75, 3.05) is 31.2 Å². The summed E-state index contributed by atoms with van der Waals surface area (Å²) in [5, 5.41) is 2.50. The van der Waals surface area contributed by atoms with Gasteiger partial charge in [-0.15, -0.1) is 0 Å². The molecule has 0 aromatic heterocycles. The summed E-state index contributed by atoms with van der Waals surface area (Å²) in [6, 6.07) is 3.52. The molecule has 2 saturated heterocycles. The van der Waals surface area contributed by atoms with E-state index in [1.54, 1.807) is 4.90 Å². The zero-order valence-electron chi connectivity index (χ0n) is 12.3. The summed E-state index contributed by atoms with van der Waals surface area (Å²) in [5.74, 6) is -1.17. The second-order valence-corrected chi connectivity index (χ2v) is 5.35. The van der Waals surface area contributed by atoms with E-state index in [-0.39, 0.29) is 18.0 Å². The van der Waals surface area contributed by atoms with Gasteiger partial charge in [-0.05, 0) is 24.3 Å². The number of nitrogens with one attached hydrogen (secondary N) is 1. The third kappa shape index (κ3) is 3.16. The largest absolute Gasteiger partial charge is 0.378 e. The van der Waals surface area contributed by atoms with Crippen molar-refractivity contribution in [3.63, 3.8) is 0 Å². The average molecular weight is 321 g/mol. The molecule has 2 aliphatic heterocycles. The number of carbonyl (C=O) groups excluding carboxylic acids is 3. The highest BCUT2D eigenvalue weighted by Gasteiger charge is 2.40. The smallest absolute Gasteiger partial charge is 0.329 e. The number of benzene rings is 1. The molecule has 1 atom stereocenters. The van der Waals surface area contributed by atoms with Crippen molar-refractivity contribution in [1.82, 2.24) is 10.2 Å². The van der Waals surface area contributed by atoms with Crippen LogP contribution in [0.4, 0.5) is 14.9 Å². The van der Waals surface area contributed by atoms with E-state index in [4.69, 9.17) is 4.74 Å². The number of ether oxygens (including phenoxy) is 1. The summed E-state index contributed by atoms with van der Waals surface area (Å²) >= 11 is 0. The van der Waals surface area contributed by atoms with Crippen LogP contribution in [-0.2, 0) is 14.3 Å². The van der Waals surface area contributed by atoms with Gasteiger partial charge in [-0.1, -0.05) is 0 Å². The molecule has 122 valence electrons. The SMILES string of the molecule is O=C(C[C@H]1NC(=O)N(c2ccc(F)cc2)C1=O)N1CCOCC1. The number of halogens is 1. The van der Waals surface area contributed by atoms with E-state index >= 15 is 0 Å². The monoisotopic (exact) mass is 321 g/mol. The predicted molar refractivity (Wildman–Crippen MR) is 78.2 cm³/mol. The predicted octanol–water partition coefficient (Wildman–Crippen LogP) is 0.499. The molecule has 2 fully saturated rings. The Bertz CT molecular complexity index is 628. The lowest BCUT2D eigenvalue weighted by Gasteiger charge is -2.27. The summed E-state index contributed by atoms with van der Waals surface area (Å²) in [5.41, 5.74) is 0.273. The Labute approximate surface area is 132 Å². The van der Waals surface area contributed by atoms with E-state index < -0.39 is 23.8 Å². The number of imide groups is 1. The Balaban J connectivity index is 1.68. The normalized spacial score (nSPS) is 21.5. The highest BCUT2D eigenvalue weighted by molar-refractivity contribution is 6.22. The lowest BCUT2D eigenvalue weighted by atomic mass is 10.1. The zero-order valence-corrected chi connectivity index (χ0v) is 12.3. The van der Waals surface area contributed by atoms with Gasteiger partial charge >= 0.3 is 6.03 Å². The van der Waals surface area contributed by atoms with Gasteiger partial charge < -0.3 is 15.0 Å². The number of rotatable bonds is 3. The molecule has 0 bridgehead atoms. The van der Waals surface area contributed by atoms with Crippen LogP contribution in [0.1, 0.15) is 6.42 Å². The molecule has 1 N–H and O–H groups in total. The van der Waals surface area contributed by atoms with Crippen molar-refractivity contribution in [2.45, 2.75) is 12.5 Å². The van der Waals surface area contributed by atoms with Crippen LogP contribution in [0.15, 0.2) is 24.3 Å². The first kappa shape index (κ1) is 15.4. The Kier molecular flexibility index (Phi) is 4.24. The van der Waals surface area contributed by atoms with Crippen molar-refractivity contribution < 1.29 is 23.5 Å². The first-order valence-corrected chi connectivity index (χ1v) is 7.32. The van der Waals surface area contributed by atoms with Gasteiger partial charge in [0.2, 0.25) is 5.91 Å². The van der Waals surface area contributed by atoms with E-state index in [1.165, 1.54) is 24.3 Å². The summed E-state index contributed by atoms with van der Waals surface area (Å²) in [6.45, 7) is 1.90. The number of urea groups is 1. The van der Waals surface area contributed by atoms with Gasteiger partial charge in [0.05, 0.1) is 25.3 Å². The van der Waals surface area contributed by atoms with Crippen LogP contribution in [0.5, 0.6) is 0 Å². The van der Waals surface area contributed by atoms with Gasteiger partial charge in [-0.2, -0.15) is 0 Å². The third-order valence-electron chi connectivity index (χ3n) is 3.85. The van der Waals surface area contributed by atoms with Crippen LogP contribution in [-0.4, -0.2) is 55.1 Å². The zero-order chi connectivity index (χ0) is 16.4. The minimum absolute atomic E-state index is 0.0950. The highest BCUT2D eigenvalue weighted by atomic mass is 19.1. The molecule has 4 amide bonds. The molecule has 0 unspecified atom stereocenters. The number of nitrogens with zero attached hydrogens (tertiary/aromatic N) is 2. The van der Waals surface area contributed by atoms with Gasteiger partial charge in [-0.3, -0.25) is 9.59 Å². The molecule has 3 rings (SSSR count). The van der Waals surface area contributed by atoms with Crippen molar-refractivity contribution >= 4 is 23.5 Å². The van der Waals surface area contributed by atoms with Gasteiger partial charge in [-0.25, -0.2) is 14.1 Å². The molecular formula is C15H16FN3O4. The maximum absolute atomic E-state index is 13.0. The second kappa shape index (κ2) is 6.33. The Hall–Kier alpha value is -2.48. The number of hydrogen-bond donors (Lipinski definition) is 1. The summed E-state index contributed by atoms with van der Waals surface area (Å²) in [7, 11) is 0. The van der Waals surface area contributed by atoms with Crippen LogP contribution < -0.4 is 10.2 Å². The number of anilines is 1. The molecule has 0 aliphatic carbocycles. The second-order valence-electron chi connectivity index (χ2n) is 5.35. The Morgan fingerprint density at radius 1 is 1.22 bits per heavy atom. The van der Waals surface area contributed by atoms with Gasteiger partial charge in [0.25, 0.3) is 5.91 Å². The lowest BCUT2D eigenvalue weighted by molar-refractivity contribution is -0.137. The number of amides is 4. The lowest BCUT2D eigenvalue weighted by Crippen LogP contribution is -2.44. The fraction of sp³-hybridized carbons (Fsp3) is 0.400. The Morgan fingerprint density at radius 3 is 2.52 bits per heavy atom. The minimum atomic E-state index is -0.900. The summed E-state index contributed by atoms with van der Waals surface area (Å²) < 4.78 is 18.1. The molecule has 1 aromatic rings. The Morgan fingerprint density at radius 2 is 1.87 bits per heavy atom. The standard InChI is InChI=1S/C15H16FN3O4/c16-10-1-3-11(4-2-10)19-14(21)12(17-15(19)22)9-13(20)18-5-7-23-8-6-18/h1-4,12H,5-9H2,(H,17,22)/t12-/m1/s1. The van der Waals surface area contributed by atoms with Gasteiger partial charge in [0.15, 0.2) is 0 Å². The molecule has 23 heavy (non-hydrogen) atoms. The molecule has 0 spiro atoms. The molecule has 2 heterocycles. The highest BCUT2D eigenvalue weighted by Crippen LogP contribution is 2.21. The van der Waals surface area contributed by atoms with E-state index in [2.05, 4.69) is 5.32 Å². The first-order chi connectivity index (χ1) is 11.1. The maximum atomic E-state index is 13.0. The van der Waals surface area contributed by atoms with Crippen LogP contribution in [0.2, 0.25) is 0 Å². The van der Waals surface area contributed by atoms with Crippen molar-refractivity contribution in [1.29, 1.82) is 0 Å². The fourth-order valence-corrected chi connectivity index (χ4v) is 2.62. The van der Waals surface area contributed by atoms with Crippen LogP contribution in [0, 0.1) is 5.82 Å². The molecule has 0 radical (unpaired) electrons. The van der Waals surface area contributed by atoms with Crippen molar-refractivity contribution in [3.05, 3.63) is 30.1 Å². The minimum Gasteiger partial charge on any atom is -0.378 e. The van der Waals surface area contributed by atoms with Gasteiger partial charge in [0.1, 0.15) is 11.9 Å². The summed E-state index contributed by atoms with van der Waals surface area (Å²) in [6.07, 6.45) is -0.0950. The van der Waals surface area contributed by atoms with Gasteiger partial charge in [0, 0.05) is 13.1 Å². The average Bonchev–Trinajstić information content (AvgIpc) is 2.83. The summed E-state index contributed by atoms with van der Waals surface area (Å²) in [4.78, 5) is 39.1. The van der Waals surface area contributed by atoms with Crippen molar-refractivity contribution in [2.24, 2.45) is 0 Å². The molecule has 8 heteroatoms. The topological polar surface area (TPSA) is 79.0 Å². The van der Waals surface area contributed by atoms with Crippen LogP contribution in [0.3, 0.4) is 0 Å². The van der Waals surface area contributed by atoms with E-state index in [1.807, 2.05) is 0 Å². The van der Waals surface area contributed by atoms with Crippen LogP contribution >= 0.6 is 0 Å². The molecule has 1 aromatic carbocycles. The quantitative estimate of drug-likeness (QED) is 0.822. The van der Waals surface area contributed by atoms with Crippen molar-refractivity contribution in [3.8, 4) is 0 Å². The molecule has 0 saturated carbocycles. The molecule has 7 nitrogen and oxygen atoms in total. The molecule has 2 aliphatic rings.